The van der Waals surface area contributed by atoms with Crippen molar-refractivity contribution < 1.29 is 4.79 Å². The third kappa shape index (κ3) is 3.48. The summed E-state index contributed by atoms with van der Waals surface area (Å²) in [5.74, 6) is 0.745. The van der Waals surface area contributed by atoms with Crippen molar-refractivity contribution in [3.05, 3.63) is 30.1 Å². The Morgan fingerprint density at radius 3 is 3.14 bits per heavy atom. The molecule has 0 bridgehead atoms. The molecular weight excluding hydrogens is 280 g/mol. The first-order valence-electron chi connectivity index (χ1n) is 7.61. The fourth-order valence-corrected chi connectivity index (χ4v) is 2.72. The summed E-state index contributed by atoms with van der Waals surface area (Å²) in [4.78, 5) is 12.0. The predicted molar refractivity (Wildman–Crippen MR) is 82.8 cm³/mol. The number of rotatable bonds is 5. The zero-order chi connectivity index (χ0) is 15.4. The van der Waals surface area contributed by atoms with Gasteiger partial charge >= 0.3 is 0 Å². The largest absolute Gasteiger partial charge is 0.326 e. The van der Waals surface area contributed by atoms with Gasteiger partial charge in [-0.15, -0.1) is 5.10 Å². The molecule has 1 saturated heterocycles. The van der Waals surface area contributed by atoms with E-state index in [4.69, 9.17) is 0 Å². The van der Waals surface area contributed by atoms with Gasteiger partial charge in [-0.25, -0.2) is 0 Å². The average molecular weight is 300 g/mol. The molecule has 0 radical (unpaired) electrons. The minimum Gasteiger partial charge on any atom is -0.326 e. The van der Waals surface area contributed by atoms with E-state index in [1.807, 2.05) is 31.2 Å². The minimum absolute atomic E-state index is 0.0410. The van der Waals surface area contributed by atoms with E-state index in [0.717, 1.165) is 24.3 Å². The number of aryl methyl sites for hydroxylation is 1. The SMILES string of the molecule is Cc1nnnn1-c1cccc(NC(=O)CCC2CCCN2)c1. The van der Waals surface area contributed by atoms with Crippen LogP contribution in [0, 0.1) is 6.92 Å². The van der Waals surface area contributed by atoms with Gasteiger partial charge in [0.05, 0.1) is 5.69 Å². The minimum atomic E-state index is 0.0410. The second kappa shape index (κ2) is 6.65. The maximum absolute atomic E-state index is 12.0. The fourth-order valence-electron chi connectivity index (χ4n) is 2.72. The first-order valence-corrected chi connectivity index (χ1v) is 7.61. The molecule has 2 heterocycles. The zero-order valence-electron chi connectivity index (χ0n) is 12.6. The maximum atomic E-state index is 12.0. The van der Waals surface area contributed by atoms with Crippen LogP contribution in [0.25, 0.3) is 5.69 Å². The summed E-state index contributed by atoms with van der Waals surface area (Å²) >= 11 is 0. The van der Waals surface area contributed by atoms with E-state index in [2.05, 4.69) is 26.2 Å². The Bertz CT molecular complexity index is 647. The van der Waals surface area contributed by atoms with Crippen molar-refractivity contribution in [2.75, 3.05) is 11.9 Å². The number of anilines is 1. The van der Waals surface area contributed by atoms with Crippen molar-refractivity contribution in [2.24, 2.45) is 0 Å². The van der Waals surface area contributed by atoms with Crippen LogP contribution in [0.1, 0.15) is 31.5 Å². The summed E-state index contributed by atoms with van der Waals surface area (Å²) in [6.07, 6.45) is 3.80. The molecule has 3 rings (SSSR count). The Balaban J connectivity index is 1.60. The number of carbonyl (C=O) groups is 1. The average Bonchev–Trinajstić information content (AvgIpc) is 3.16. The Morgan fingerprint density at radius 2 is 2.41 bits per heavy atom. The van der Waals surface area contributed by atoms with Gasteiger partial charge in [0.15, 0.2) is 5.82 Å². The van der Waals surface area contributed by atoms with Gasteiger partial charge in [-0.1, -0.05) is 6.07 Å². The number of hydrogen-bond donors (Lipinski definition) is 2. The molecule has 1 amide bonds. The van der Waals surface area contributed by atoms with Crippen LogP contribution < -0.4 is 10.6 Å². The molecule has 0 spiro atoms. The standard InChI is InChI=1S/C15H20N6O/c1-11-18-19-20-21(11)14-6-2-4-13(10-14)17-15(22)8-7-12-5-3-9-16-12/h2,4,6,10,12,16H,3,5,7-9H2,1H3,(H,17,22). The maximum Gasteiger partial charge on any atom is 0.224 e. The molecule has 1 unspecified atom stereocenters. The van der Waals surface area contributed by atoms with Crippen molar-refractivity contribution in [1.29, 1.82) is 0 Å². The van der Waals surface area contributed by atoms with Crippen molar-refractivity contribution >= 4 is 11.6 Å². The van der Waals surface area contributed by atoms with Gasteiger partial charge in [0.25, 0.3) is 0 Å². The fraction of sp³-hybridized carbons (Fsp3) is 0.467. The van der Waals surface area contributed by atoms with Crippen molar-refractivity contribution in [2.45, 2.75) is 38.6 Å². The quantitative estimate of drug-likeness (QED) is 0.873. The van der Waals surface area contributed by atoms with Gasteiger partial charge in [0.2, 0.25) is 5.91 Å². The van der Waals surface area contributed by atoms with Crippen LogP contribution in [0.3, 0.4) is 0 Å². The first kappa shape index (κ1) is 14.6. The lowest BCUT2D eigenvalue weighted by Crippen LogP contribution is -2.23. The van der Waals surface area contributed by atoms with E-state index >= 15 is 0 Å². The second-order valence-corrected chi connectivity index (χ2v) is 5.57. The van der Waals surface area contributed by atoms with Crippen LogP contribution in [-0.4, -0.2) is 38.7 Å². The molecule has 1 aromatic carbocycles. The number of carbonyl (C=O) groups excluding carboxylic acids is 1. The third-order valence-electron chi connectivity index (χ3n) is 3.88. The zero-order valence-corrected chi connectivity index (χ0v) is 12.6. The molecule has 0 aliphatic carbocycles. The van der Waals surface area contributed by atoms with Crippen LogP contribution >= 0.6 is 0 Å². The van der Waals surface area contributed by atoms with E-state index in [0.29, 0.717) is 18.3 Å². The molecule has 22 heavy (non-hydrogen) atoms. The number of amides is 1. The summed E-state index contributed by atoms with van der Waals surface area (Å²) in [6.45, 7) is 2.90. The highest BCUT2D eigenvalue weighted by atomic mass is 16.1. The molecule has 2 aromatic rings. The number of aromatic nitrogens is 4. The van der Waals surface area contributed by atoms with Gasteiger partial charge in [0, 0.05) is 18.2 Å². The lowest BCUT2D eigenvalue weighted by atomic mass is 10.1. The smallest absolute Gasteiger partial charge is 0.224 e. The van der Waals surface area contributed by atoms with Crippen LogP contribution in [0.4, 0.5) is 5.69 Å². The Morgan fingerprint density at radius 1 is 1.50 bits per heavy atom. The Labute approximate surface area is 129 Å². The molecule has 1 atom stereocenters. The highest BCUT2D eigenvalue weighted by Gasteiger charge is 2.15. The van der Waals surface area contributed by atoms with E-state index in [1.165, 1.54) is 12.8 Å². The van der Waals surface area contributed by atoms with Crippen LogP contribution in [0.15, 0.2) is 24.3 Å². The van der Waals surface area contributed by atoms with Crippen molar-refractivity contribution in [3.8, 4) is 5.69 Å². The lowest BCUT2D eigenvalue weighted by molar-refractivity contribution is -0.116. The van der Waals surface area contributed by atoms with E-state index in [1.54, 1.807) is 4.68 Å². The molecule has 116 valence electrons. The molecular formula is C15H20N6O. The highest BCUT2D eigenvalue weighted by molar-refractivity contribution is 5.90. The van der Waals surface area contributed by atoms with Gasteiger partial charge < -0.3 is 10.6 Å². The third-order valence-corrected chi connectivity index (χ3v) is 3.88. The highest BCUT2D eigenvalue weighted by Crippen LogP contribution is 2.16. The molecule has 7 nitrogen and oxygen atoms in total. The van der Waals surface area contributed by atoms with E-state index < -0.39 is 0 Å². The topological polar surface area (TPSA) is 84.7 Å². The first-order chi connectivity index (χ1) is 10.7. The van der Waals surface area contributed by atoms with Gasteiger partial charge in [-0.2, -0.15) is 4.68 Å². The lowest BCUT2D eigenvalue weighted by Gasteiger charge is -2.10. The molecule has 1 aromatic heterocycles. The summed E-state index contributed by atoms with van der Waals surface area (Å²) in [6, 6.07) is 8.01. The molecule has 1 aliphatic rings. The Hall–Kier alpha value is -2.28. The number of benzene rings is 1. The monoisotopic (exact) mass is 300 g/mol. The normalized spacial score (nSPS) is 17.6. The summed E-state index contributed by atoms with van der Waals surface area (Å²) in [5.41, 5.74) is 1.59. The summed E-state index contributed by atoms with van der Waals surface area (Å²) in [5, 5.41) is 17.8. The molecule has 1 fully saturated rings. The molecule has 1 aliphatic heterocycles. The molecule has 0 saturated carbocycles. The van der Waals surface area contributed by atoms with E-state index in [-0.39, 0.29) is 5.91 Å². The van der Waals surface area contributed by atoms with Gasteiger partial charge in [-0.05, 0) is 61.4 Å². The number of nitrogens with one attached hydrogen (secondary N) is 2. The number of nitrogens with zero attached hydrogens (tertiary/aromatic N) is 4. The van der Waals surface area contributed by atoms with Crippen molar-refractivity contribution in [3.63, 3.8) is 0 Å². The van der Waals surface area contributed by atoms with Crippen LogP contribution in [0.5, 0.6) is 0 Å². The summed E-state index contributed by atoms with van der Waals surface area (Å²) in [7, 11) is 0. The molecule has 7 heteroatoms. The van der Waals surface area contributed by atoms with E-state index in [9.17, 15) is 4.79 Å². The van der Waals surface area contributed by atoms with Gasteiger partial charge in [-0.3, -0.25) is 4.79 Å². The van der Waals surface area contributed by atoms with Crippen molar-refractivity contribution in [1.82, 2.24) is 25.5 Å². The van der Waals surface area contributed by atoms with Crippen LogP contribution in [-0.2, 0) is 4.79 Å². The molecule has 2 N–H and O–H groups in total. The summed E-state index contributed by atoms with van der Waals surface area (Å²) < 4.78 is 1.64. The second-order valence-electron chi connectivity index (χ2n) is 5.57. The van der Waals surface area contributed by atoms with Crippen LogP contribution in [0.2, 0.25) is 0 Å². The Kier molecular flexibility index (Phi) is 4.43. The van der Waals surface area contributed by atoms with Gasteiger partial charge in [0.1, 0.15) is 0 Å². The predicted octanol–water partition coefficient (Wildman–Crippen LogP) is 1.44. The number of hydrogen-bond acceptors (Lipinski definition) is 5. The number of tetrazole rings is 1.